The summed E-state index contributed by atoms with van der Waals surface area (Å²) < 4.78 is 28.5. The molecule has 366 valence electrons. The number of hydrogen-bond acceptors (Lipinski definition) is 13. The van der Waals surface area contributed by atoms with Gasteiger partial charge in [0.25, 0.3) is 17.4 Å². The van der Waals surface area contributed by atoms with Crippen LogP contribution in [0.4, 0.5) is 4.39 Å². The van der Waals surface area contributed by atoms with Crippen molar-refractivity contribution in [3.63, 3.8) is 0 Å². The lowest BCUT2D eigenvalue weighted by Gasteiger charge is -2.31. The number of carbonyl (C=O) groups is 5. The third kappa shape index (κ3) is 9.48. The number of carbonyl (C=O) groups excluding carboxylic acids is 5. The highest BCUT2D eigenvalue weighted by Gasteiger charge is 2.64. The number of halogens is 1. The Bertz CT molecular complexity index is 2580. The van der Waals surface area contributed by atoms with E-state index in [2.05, 4.69) is 21.3 Å². The van der Waals surface area contributed by atoms with E-state index < -0.39 is 42.0 Å². The fourth-order valence-electron chi connectivity index (χ4n) is 10.4. The second kappa shape index (κ2) is 20.3. The van der Waals surface area contributed by atoms with Crippen molar-refractivity contribution in [3.8, 4) is 11.4 Å². The van der Waals surface area contributed by atoms with Crippen LogP contribution in [0.25, 0.3) is 22.3 Å². The van der Waals surface area contributed by atoms with E-state index in [9.17, 15) is 39.0 Å². The molecule has 0 bridgehead atoms. The Hall–Kier alpha value is -5.44. The number of nitrogens with two attached hydrogens (primary N) is 1. The molecule has 8 N–H and O–H groups in total. The average Bonchev–Trinajstić information content (AvgIpc) is 3.67. The number of aryl methyl sites for hydroxylation is 1. The molecule has 18 nitrogen and oxygen atoms in total. The average molecular weight is 943 g/mol. The van der Waals surface area contributed by atoms with Crippen molar-refractivity contribution in [2.75, 3.05) is 19.6 Å². The monoisotopic (exact) mass is 942 g/mol. The lowest BCUT2D eigenvalue weighted by atomic mass is 9.81. The number of rotatable bonds is 21. The summed E-state index contributed by atoms with van der Waals surface area (Å²) in [7, 11) is 0. The molecule has 5 amide bonds. The van der Waals surface area contributed by atoms with Crippen molar-refractivity contribution in [2.24, 2.45) is 11.7 Å². The van der Waals surface area contributed by atoms with Crippen LogP contribution in [-0.4, -0.2) is 105 Å². The molecule has 1 spiro atoms. The summed E-state index contributed by atoms with van der Waals surface area (Å²) in [5.41, 5.74) is 9.82. The van der Waals surface area contributed by atoms with E-state index in [0.717, 1.165) is 27.0 Å². The number of hydrogen-bond donors (Lipinski definition) is 7. The van der Waals surface area contributed by atoms with Crippen molar-refractivity contribution in [3.05, 3.63) is 73.8 Å². The summed E-state index contributed by atoms with van der Waals surface area (Å²) in [5.74, 6) is -2.56. The fraction of sp³-hybridized carbons (Fsp3) is 0.571. The summed E-state index contributed by atoms with van der Waals surface area (Å²) >= 11 is 0. The first-order valence-electron chi connectivity index (χ1n) is 24.0. The Labute approximate surface area is 393 Å². The molecular formula is C49H63FN8O10. The van der Waals surface area contributed by atoms with Crippen molar-refractivity contribution >= 4 is 40.4 Å². The van der Waals surface area contributed by atoms with Crippen molar-refractivity contribution < 1.29 is 48.0 Å². The van der Waals surface area contributed by atoms with E-state index in [1.807, 2.05) is 13.0 Å². The predicted molar refractivity (Wildman–Crippen MR) is 247 cm³/mol. The SMILES string of the molecule is Cc1c(F)cc2nc3c(c4c2c1CC[C@@H]4NC(O)CCCNC(=O)[C@H](CCCCN)NC(=O)[C@@H](NC(=O)CCCCCN1C(=O)C=CC1=O)C(C)C)Cn1c-3cc2c(c1=O)COC(O)[C@@]21OC1C. The number of nitrogens with zero attached hydrogens (tertiary/aromatic N) is 3. The van der Waals surface area contributed by atoms with Crippen LogP contribution in [-0.2, 0) is 58.6 Å². The molecule has 2 aromatic heterocycles. The van der Waals surface area contributed by atoms with Crippen molar-refractivity contribution in [1.29, 1.82) is 0 Å². The van der Waals surface area contributed by atoms with E-state index in [4.69, 9.17) is 20.2 Å². The first-order valence-corrected chi connectivity index (χ1v) is 24.0. The van der Waals surface area contributed by atoms with Crippen LogP contribution in [0, 0.1) is 18.7 Å². The van der Waals surface area contributed by atoms with Gasteiger partial charge in [0.15, 0.2) is 11.9 Å². The topological polar surface area (TPSA) is 260 Å². The number of unbranched alkanes of at least 4 members (excludes halogenated alkanes) is 3. The van der Waals surface area contributed by atoms with Crippen LogP contribution >= 0.6 is 0 Å². The van der Waals surface area contributed by atoms with E-state index in [1.165, 1.54) is 18.2 Å². The third-order valence-electron chi connectivity index (χ3n) is 14.2. The molecule has 7 atom stereocenters. The number of fused-ring (bicyclic) bond motifs is 6. The zero-order chi connectivity index (χ0) is 48.6. The number of ether oxygens (including phenoxy) is 2. The van der Waals surface area contributed by atoms with Crippen molar-refractivity contribution in [1.82, 2.24) is 35.7 Å². The molecule has 5 aliphatic rings. The van der Waals surface area contributed by atoms with Crippen LogP contribution in [0.3, 0.4) is 0 Å². The van der Waals surface area contributed by atoms with Crippen molar-refractivity contribution in [2.45, 2.75) is 154 Å². The zero-order valence-corrected chi connectivity index (χ0v) is 39.1. The lowest BCUT2D eigenvalue weighted by Crippen LogP contribution is -2.55. The number of aromatic nitrogens is 2. The highest BCUT2D eigenvalue weighted by molar-refractivity contribution is 6.12. The quantitative estimate of drug-likeness (QED) is 0.0274. The molecule has 1 aliphatic carbocycles. The molecule has 4 aliphatic heterocycles. The fourth-order valence-corrected chi connectivity index (χ4v) is 10.4. The Morgan fingerprint density at radius 3 is 2.44 bits per heavy atom. The third-order valence-corrected chi connectivity index (χ3v) is 14.2. The Kier molecular flexibility index (Phi) is 14.6. The minimum atomic E-state index is -1.24. The maximum atomic E-state index is 15.4. The highest BCUT2D eigenvalue weighted by Crippen LogP contribution is 2.54. The number of nitrogens with one attached hydrogen (secondary N) is 4. The van der Waals surface area contributed by atoms with E-state index >= 15 is 4.39 Å². The molecule has 1 fully saturated rings. The standard InChI is InChI=1S/C49H63FN8O10/c1-25(2)43(56-38(60)12-6-5-9-20-57-39(61)16-17-40(57)62)46(64)55-34(11-7-8-18-51)45(63)52-19-10-13-37(59)53-33-15-14-28-26(3)32(50)22-35-41(28)42(33)29-23-58-36(44(29)54-35)21-31-30(47(58)65)24-67-48(66)49(31)27(4)68-49/h16-17,21-22,25,27,33-34,37,43,48,53,59,66H,5-15,18-20,23-24,51H2,1-4H3,(H,52,63)(H,55,64)(H,56,60)/t27?,33-,34-,37?,43-,48?,49-/m0/s1. The largest absolute Gasteiger partial charge is 0.379 e. The molecule has 8 rings (SSSR count). The molecular weight excluding hydrogens is 880 g/mol. The predicted octanol–water partition coefficient (Wildman–Crippen LogP) is 2.37. The number of aliphatic hydroxyl groups excluding tert-OH is 2. The number of amides is 5. The van der Waals surface area contributed by atoms with Gasteiger partial charge < -0.3 is 45.9 Å². The van der Waals surface area contributed by atoms with E-state index in [1.54, 1.807) is 25.3 Å². The first-order chi connectivity index (χ1) is 32.5. The second-order valence-corrected chi connectivity index (χ2v) is 19.1. The van der Waals surface area contributed by atoms with Gasteiger partial charge in [0, 0.05) is 65.8 Å². The van der Waals surface area contributed by atoms with Crippen LogP contribution < -0.4 is 32.6 Å². The smallest absolute Gasteiger partial charge is 0.257 e. The van der Waals surface area contributed by atoms with Crippen LogP contribution in [0.2, 0.25) is 0 Å². The number of pyridine rings is 2. The Morgan fingerprint density at radius 2 is 1.74 bits per heavy atom. The molecule has 3 aromatic rings. The summed E-state index contributed by atoms with van der Waals surface area (Å²) in [6.45, 7) is 8.19. The minimum Gasteiger partial charge on any atom is -0.379 e. The molecule has 68 heavy (non-hydrogen) atoms. The minimum absolute atomic E-state index is 0.0717. The maximum Gasteiger partial charge on any atom is 0.257 e. The van der Waals surface area contributed by atoms with Gasteiger partial charge in [-0.05, 0) is 107 Å². The molecule has 0 saturated carbocycles. The number of benzene rings is 1. The Balaban J connectivity index is 0.886. The van der Waals surface area contributed by atoms with Gasteiger partial charge in [-0.15, -0.1) is 0 Å². The molecule has 3 unspecified atom stereocenters. The lowest BCUT2D eigenvalue weighted by molar-refractivity contribution is -0.164. The normalized spacial score (nSPS) is 22.3. The number of aliphatic hydroxyl groups is 2. The van der Waals surface area contributed by atoms with Gasteiger partial charge in [-0.25, -0.2) is 9.37 Å². The van der Waals surface area contributed by atoms with E-state index in [0.29, 0.717) is 97.9 Å². The Morgan fingerprint density at radius 1 is 0.985 bits per heavy atom. The van der Waals surface area contributed by atoms with Gasteiger partial charge in [-0.1, -0.05) is 20.3 Å². The zero-order valence-electron chi connectivity index (χ0n) is 39.1. The summed E-state index contributed by atoms with van der Waals surface area (Å²) in [6.07, 6.45) is 4.93. The molecule has 0 radical (unpaired) electrons. The van der Waals surface area contributed by atoms with Gasteiger partial charge in [0.2, 0.25) is 17.7 Å². The highest BCUT2D eigenvalue weighted by atomic mass is 19.1. The molecule has 1 aromatic carbocycles. The maximum absolute atomic E-state index is 15.4. The summed E-state index contributed by atoms with van der Waals surface area (Å²) in [6, 6.07) is 1.10. The van der Waals surface area contributed by atoms with Crippen LogP contribution in [0.5, 0.6) is 0 Å². The molecule has 1 saturated heterocycles. The summed E-state index contributed by atoms with van der Waals surface area (Å²) in [4.78, 5) is 83.9. The number of imide groups is 1. The molecule has 19 heteroatoms. The van der Waals surface area contributed by atoms with Gasteiger partial charge >= 0.3 is 0 Å². The molecule has 6 heterocycles. The number of epoxide rings is 1. The second-order valence-electron chi connectivity index (χ2n) is 19.1. The van der Waals surface area contributed by atoms with Gasteiger partial charge in [0.05, 0.1) is 36.2 Å². The van der Waals surface area contributed by atoms with Crippen LogP contribution in [0.15, 0.2) is 29.1 Å². The summed E-state index contributed by atoms with van der Waals surface area (Å²) in [5, 5.41) is 35.0. The van der Waals surface area contributed by atoms with E-state index in [-0.39, 0.29) is 86.2 Å². The van der Waals surface area contributed by atoms with Crippen LogP contribution in [0.1, 0.15) is 124 Å². The van der Waals surface area contributed by atoms with Gasteiger partial charge in [-0.3, -0.25) is 39.0 Å². The first kappa shape index (κ1) is 49.0. The van der Waals surface area contributed by atoms with Gasteiger partial charge in [0.1, 0.15) is 24.1 Å². The van der Waals surface area contributed by atoms with Gasteiger partial charge in [-0.2, -0.15) is 0 Å².